The summed E-state index contributed by atoms with van der Waals surface area (Å²) in [5, 5.41) is 6.69. The molecule has 2 rings (SSSR count). The molecular formula is C15H19FN4O. The first kappa shape index (κ1) is 15.2. The van der Waals surface area contributed by atoms with Gasteiger partial charge in [-0.1, -0.05) is 13.0 Å². The number of benzene rings is 1. The Morgan fingerprint density at radius 2 is 2.24 bits per heavy atom. The molecule has 1 amide bonds. The first-order valence-corrected chi connectivity index (χ1v) is 6.88. The van der Waals surface area contributed by atoms with E-state index >= 15 is 0 Å². The van der Waals surface area contributed by atoms with Gasteiger partial charge in [0.15, 0.2) is 5.69 Å². The van der Waals surface area contributed by atoms with E-state index in [1.54, 1.807) is 24.4 Å². The maximum absolute atomic E-state index is 14.1. The quantitative estimate of drug-likeness (QED) is 0.879. The van der Waals surface area contributed by atoms with Crippen LogP contribution in [0, 0.1) is 5.82 Å². The summed E-state index contributed by atoms with van der Waals surface area (Å²) in [5.74, 6) is -0.592. The van der Waals surface area contributed by atoms with Gasteiger partial charge >= 0.3 is 0 Å². The molecule has 0 spiro atoms. The van der Waals surface area contributed by atoms with Gasteiger partial charge in [-0.25, -0.2) is 9.07 Å². The van der Waals surface area contributed by atoms with E-state index in [2.05, 4.69) is 10.4 Å². The second kappa shape index (κ2) is 6.49. The minimum atomic E-state index is -0.312. The lowest BCUT2D eigenvalue weighted by molar-refractivity contribution is 0.0957. The minimum Gasteiger partial charge on any atom is -0.354 e. The maximum Gasteiger partial charge on any atom is 0.271 e. The molecule has 0 bridgehead atoms. The molecule has 112 valence electrons. The fourth-order valence-corrected chi connectivity index (χ4v) is 2.08. The molecule has 2 aromatic rings. The SMILES string of the molecule is CCC(N)Cc1c(F)cccc1-n1ccc(C(=O)NC)n1. The monoisotopic (exact) mass is 290 g/mol. The van der Waals surface area contributed by atoms with E-state index in [0.717, 1.165) is 6.42 Å². The molecule has 0 fully saturated rings. The molecule has 5 nitrogen and oxygen atoms in total. The van der Waals surface area contributed by atoms with Gasteiger partial charge in [0.2, 0.25) is 0 Å². The molecule has 0 radical (unpaired) electrons. The van der Waals surface area contributed by atoms with E-state index in [1.165, 1.54) is 17.8 Å². The zero-order chi connectivity index (χ0) is 15.4. The summed E-state index contributed by atoms with van der Waals surface area (Å²) in [7, 11) is 1.54. The van der Waals surface area contributed by atoms with Crippen LogP contribution in [0.25, 0.3) is 5.69 Å². The number of nitrogens with zero attached hydrogens (tertiary/aromatic N) is 2. The Labute approximate surface area is 123 Å². The molecule has 3 N–H and O–H groups in total. The van der Waals surface area contributed by atoms with E-state index < -0.39 is 0 Å². The van der Waals surface area contributed by atoms with Crippen molar-refractivity contribution in [3.05, 3.63) is 47.5 Å². The number of amides is 1. The summed E-state index contributed by atoms with van der Waals surface area (Å²) in [4.78, 5) is 11.6. The maximum atomic E-state index is 14.1. The molecule has 1 unspecified atom stereocenters. The molecule has 21 heavy (non-hydrogen) atoms. The standard InChI is InChI=1S/C15H19FN4O/c1-3-10(17)9-11-12(16)5-4-6-14(11)20-8-7-13(19-20)15(21)18-2/h4-8,10H,3,9,17H2,1-2H3,(H,18,21). The number of rotatable bonds is 5. The largest absolute Gasteiger partial charge is 0.354 e. The predicted molar refractivity (Wildman–Crippen MR) is 78.9 cm³/mol. The average molecular weight is 290 g/mol. The lowest BCUT2D eigenvalue weighted by atomic mass is 10.0. The van der Waals surface area contributed by atoms with Crippen LogP contribution < -0.4 is 11.1 Å². The smallest absolute Gasteiger partial charge is 0.271 e. The van der Waals surface area contributed by atoms with Crippen LogP contribution in [0.5, 0.6) is 0 Å². The van der Waals surface area contributed by atoms with Gasteiger partial charge in [0.1, 0.15) is 5.82 Å². The minimum absolute atomic E-state index is 0.116. The average Bonchev–Trinajstić information content (AvgIpc) is 2.98. The van der Waals surface area contributed by atoms with Gasteiger partial charge in [-0.15, -0.1) is 0 Å². The van der Waals surface area contributed by atoms with Crippen molar-refractivity contribution in [1.82, 2.24) is 15.1 Å². The number of carbonyl (C=O) groups excluding carboxylic acids is 1. The Hall–Kier alpha value is -2.21. The fourth-order valence-electron chi connectivity index (χ4n) is 2.08. The Morgan fingerprint density at radius 3 is 2.90 bits per heavy atom. The van der Waals surface area contributed by atoms with Gasteiger partial charge in [-0.3, -0.25) is 4.79 Å². The van der Waals surface area contributed by atoms with E-state index in [4.69, 9.17) is 5.73 Å². The summed E-state index contributed by atoms with van der Waals surface area (Å²) >= 11 is 0. The van der Waals surface area contributed by atoms with E-state index in [0.29, 0.717) is 17.7 Å². The third-order valence-electron chi connectivity index (χ3n) is 3.38. The van der Waals surface area contributed by atoms with Gasteiger partial charge in [0.05, 0.1) is 5.69 Å². The zero-order valence-corrected chi connectivity index (χ0v) is 12.1. The van der Waals surface area contributed by atoms with Crippen molar-refractivity contribution >= 4 is 5.91 Å². The molecule has 0 saturated heterocycles. The van der Waals surface area contributed by atoms with Crippen LogP contribution in [0.3, 0.4) is 0 Å². The first-order valence-electron chi connectivity index (χ1n) is 6.88. The van der Waals surface area contributed by atoms with Crippen molar-refractivity contribution in [3.63, 3.8) is 0 Å². The van der Waals surface area contributed by atoms with Crippen LogP contribution >= 0.6 is 0 Å². The number of hydrogen-bond donors (Lipinski definition) is 2. The van der Waals surface area contributed by atoms with Gasteiger partial charge in [-0.2, -0.15) is 5.10 Å². The molecule has 0 aliphatic rings. The van der Waals surface area contributed by atoms with Crippen LogP contribution in [0.15, 0.2) is 30.5 Å². The summed E-state index contributed by atoms with van der Waals surface area (Å²) in [6.07, 6.45) is 2.82. The molecule has 1 aromatic carbocycles. The Bertz CT molecular complexity index is 638. The fraction of sp³-hybridized carbons (Fsp3) is 0.333. The van der Waals surface area contributed by atoms with Crippen molar-refractivity contribution in [3.8, 4) is 5.69 Å². The molecule has 6 heteroatoms. The van der Waals surface area contributed by atoms with E-state index in [-0.39, 0.29) is 23.5 Å². The van der Waals surface area contributed by atoms with E-state index in [9.17, 15) is 9.18 Å². The van der Waals surface area contributed by atoms with Crippen LogP contribution in [0.2, 0.25) is 0 Å². The molecular weight excluding hydrogens is 271 g/mol. The van der Waals surface area contributed by atoms with Crippen LogP contribution in [-0.2, 0) is 6.42 Å². The lowest BCUT2D eigenvalue weighted by Crippen LogP contribution is -2.23. The lowest BCUT2D eigenvalue weighted by Gasteiger charge is -2.14. The molecule has 1 heterocycles. The molecule has 0 aliphatic heterocycles. The molecule has 1 aromatic heterocycles. The van der Waals surface area contributed by atoms with Gasteiger partial charge in [0.25, 0.3) is 5.91 Å². The van der Waals surface area contributed by atoms with Gasteiger partial charge in [-0.05, 0) is 31.0 Å². The topological polar surface area (TPSA) is 72.9 Å². The third kappa shape index (κ3) is 3.28. The zero-order valence-electron chi connectivity index (χ0n) is 12.1. The summed E-state index contributed by atoms with van der Waals surface area (Å²) in [6, 6.07) is 6.26. The van der Waals surface area contributed by atoms with Crippen molar-refractivity contribution in [2.45, 2.75) is 25.8 Å². The van der Waals surface area contributed by atoms with Crippen molar-refractivity contribution in [2.75, 3.05) is 7.05 Å². The van der Waals surface area contributed by atoms with E-state index in [1.807, 2.05) is 6.92 Å². The van der Waals surface area contributed by atoms with Crippen LogP contribution in [0.1, 0.15) is 29.4 Å². The molecule has 1 atom stereocenters. The second-order valence-electron chi connectivity index (χ2n) is 4.83. The van der Waals surface area contributed by atoms with Crippen molar-refractivity contribution in [2.24, 2.45) is 5.73 Å². The van der Waals surface area contributed by atoms with Gasteiger partial charge in [0, 0.05) is 24.8 Å². The molecule has 0 aliphatic carbocycles. The number of nitrogens with two attached hydrogens (primary N) is 1. The van der Waals surface area contributed by atoms with Crippen LogP contribution in [0.4, 0.5) is 4.39 Å². The second-order valence-corrected chi connectivity index (χ2v) is 4.83. The number of halogens is 1. The summed E-state index contributed by atoms with van der Waals surface area (Å²) in [6.45, 7) is 1.96. The van der Waals surface area contributed by atoms with Crippen LogP contribution in [-0.4, -0.2) is 28.8 Å². The number of hydrogen-bond acceptors (Lipinski definition) is 3. The number of aromatic nitrogens is 2. The normalized spacial score (nSPS) is 12.2. The number of carbonyl (C=O) groups is 1. The van der Waals surface area contributed by atoms with Crippen molar-refractivity contribution in [1.29, 1.82) is 0 Å². The van der Waals surface area contributed by atoms with Crippen molar-refractivity contribution < 1.29 is 9.18 Å². The highest BCUT2D eigenvalue weighted by molar-refractivity contribution is 5.91. The highest BCUT2D eigenvalue weighted by atomic mass is 19.1. The number of nitrogens with one attached hydrogen (secondary N) is 1. The summed E-state index contributed by atoms with van der Waals surface area (Å²) in [5.41, 5.74) is 7.34. The highest BCUT2D eigenvalue weighted by Crippen LogP contribution is 2.20. The predicted octanol–water partition coefficient (Wildman–Crippen LogP) is 1.65. The third-order valence-corrected chi connectivity index (χ3v) is 3.38. The Balaban J connectivity index is 2.41. The first-order chi connectivity index (χ1) is 10.1. The molecule has 0 saturated carbocycles. The summed E-state index contributed by atoms with van der Waals surface area (Å²) < 4.78 is 15.6. The van der Waals surface area contributed by atoms with Gasteiger partial charge < -0.3 is 11.1 Å². The highest BCUT2D eigenvalue weighted by Gasteiger charge is 2.15. The Kier molecular flexibility index (Phi) is 4.70. The Morgan fingerprint density at radius 1 is 1.48 bits per heavy atom.